The zero-order chi connectivity index (χ0) is 11.2. The molecule has 0 aromatic heterocycles. The highest BCUT2D eigenvalue weighted by Crippen LogP contribution is 2.91. The van der Waals surface area contributed by atoms with E-state index in [4.69, 9.17) is 0 Å². The molecule has 1 heteroatoms. The van der Waals surface area contributed by atoms with E-state index in [9.17, 15) is 0 Å². The van der Waals surface area contributed by atoms with Gasteiger partial charge in [0.15, 0.2) is 0 Å². The molecule has 16 heavy (non-hydrogen) atoms. The van der Waals surface area contributed by atoms with Crippen molar-refractivity contribution in [3.05, 3.63) is 0 Å². The lowest BCUT2D eigenvalue weighted by molar-refractivity contribution is -0.314. The first kappa shape index (κ1) is 9.94. The normalized spacial score (nSPS) is 60.8. The van der Waals surface area contributed by atoms with Gasteiger partial charge in [0.25, 0.3) is 0 Å². The van der Waals surface area contributed by atoms with Crippen molar-refractivity contribution in [3.8, 4) is 0 Å². The molecule has 5 unspecified atom stereocenters. The predicted molar refractivity (Wildman–Crippen MR) is 66.2 cm³/mol. The Morgan fingerprint density at radius 2 is 2.06 bits per heavy atom. The van der Waals surface area contributed by atoms with E-state index in [0.717, 1.165) is 28.1 Å². The third kappa shape index (κ3) is 0.749. The van der Waals surface area contributed by atoms with Crippen molar-refractivity contribution in [3.63, 3.8) is 0 Å². The number of hydrogen-bond acceptors (Lipinski definition) is 1. The Kier molecular flexibility index (Phi) is 1.57. The highest BCUT2D eigenvalue weighted by Gasteiger charge is 2.85. The summed E-state index contributed by atoms with van der Waals surface area (Å²) in [6.45, 7) is 7.53. The molecule has 0 aliphatic heterocycles. The van der Waals surface area contributed by atoms with Crippen molar-refractivity contribution in [1.29, 1.82) is 0 Å². The Morgan fingerprint density at radius 3 is 2.69 bits per heavy atom. The lowest BCUT2D eigenvalue weighted by Gasteiger charge is -2.80. The molecule has 5 atom stereocenters. The van der Waals surface area contributed by atoms with Gasteiger partial charge in [0.05, 0.1) is 0 Å². The molecule has 4 aliphatic rings. The number of nitrogens with zero attached hydrogens (tertiary/aromatic N) is 1. The van der Waals surface area contributed by atoms with E-state index in [1.165, 1.54) is 13.1 Å². The van der Waals surface area contributed by atoms with Gasteiger partial charge in [0, 0.05) is 6.54 Å². The minimum atomic E-state index is 0.766. The monoisotopic (exact) mass is 219 g/mol. The molecule has 0 radical (unpaired) electrons. The van der Waals surface area contributed by atoms with Crippen molar-refractivity contribution >= 4 is 0 Å². The van der Waals surface area contributed by atoms with Crippen molar-refractivity contribution in [2.24, 2.45) is 28.1 Å². The molecule has 0 amide bonds. The Labute approximate surface area is 99.6 Å². The molecule has 0 saturated heterocycles. The standard InChI is InChI=1S/C15H25N/c1-4-16(3)10-14-8-12-5-11-6-13(2,9-14)15(12,14)7-11/h11-12H,4-10H2,1-3H3. The zero-order valence-corrected chi connectivity index (χ0v) is 11.1. The summed E-state index contributed by atoms with van der Waals surface area (Å²) in [6.07, 6.45) is 7.89. The highest BCUT2D eigenvalue weighted by atomic mass is 15.1. The van der Waals surface area contributed by atoms with Crippen LogP contribution in [0.1, 0.15) is 46.0 Å². The molecule has 4 rings (SSSR count). The molecular formula is C15H25N. The van der Waals surface area contributed by atoms with E-state index in [2.05, 4.69) is 25.8 Å². The zero-order valence-electron chi connectivity index (χ0n) is 11.1. The molecule has 4 aliphatic carbocycles. The summed E-state index contributed by atoms with van der Waals surface area (Å²) in [5.41, 5.74) is 2.37. The fraction of sp³-hybridized carbons (Fsp3) is 1.00. The van der Waals surface area contributed by atoms with Crippen LogP contribution in [0, 0.1) is 28.1 Å². The molecular weight excluding hydrogens is 194 g/mol. The van der Waals surface area contributed by atoms with Gasteiger partial charge in [0.2, 0.25) is 0 Å². The van der Waals surface area contributed by atoms with Gasteiger partial charge in [0.1, 0.15) is 0 Å². The molecule has 90 valence electrons. The van der Waals surface area contributed by atoms with E-state index >= 15 is 0 Å². The average Bonchev–Trinajstić information content (AvgIpc) is 2.66. The van der Waals surface area contributed by atoms with Crippen molar-refractivity contribution in [2.45, 2.75) is 46.0 Å². The van der Waals surface area contributed by atoms with Gasteiger partial charge in [-0.2, -0.15) is 0 Å². The van der Waals surface area contributed by atoms with E-state index in [-0.39, 0.29) is 0 Å². The number of fused-ring (bicyclic) bond motifs is 1. The first-order valence-corrected chi connectivity index (χ1v) is 7.24. The van der Waals surface area contributed by atoms with Gasteiger partial charge in [-0.15, -0.1) is 0 Å². The van der Waals surface area contributed by atoms with E-state index < -0.39 is 0 Å². The number of rotatable bonds is 3. The Morgan fingerprint density at radius 1 is 1.25 bits per heavy atom. The molecule has 1 spiro atoms. The fourth-order valence-corrected chi connectivity index (χ4v) is 7.08. The Hall–Kier alpha value is -0.0400. The van der Waals surface area contributed by atoms with Crippen LogP contribution in [0.25, 0.3) is 0 Å². The molecule has 0 heterocycles. The quantitative estimate of drug-likeness (QED) is 0.705. The first-order chi connectivity index (χ1) is 7.55. The smallest absolute Gasteiger partial charge is 0.00408 e. The van der Waals surface area contributed by atoms with E-state index in [0.29, 0.717) is 0 Å². The summed E-state index contributed by atoms with van der Waals surface area (Å²) in [5.74, 6) is 2.25. The van der Waals surface area contributed by atoms with Crippen LogP contribution in [0.4, 0.5) is 0 Å². The van der Waals surface area contributed by atoms with Crippen LogP contribution < -0.4 is 0 Å². The maximum atomic E-state index is 2.61. The van der Waals surface area contributed by atoms with Gasteiger partial charge < -0.3 is 4.90 Å². The van der Waals surface area contributed by atoms with E-state index in [1.807, 2.05) is 0 Å². The minimum Gasteiger partial charge on any atom is -0.306 e. The summed E-state index contributed by atoms with van der Waals surface area (Å²) < 4.78 is 0. The van der Waals surface area contributed by atoms with Gasteiger partial charge >= 0.3 is 0 Å². The van der Waals surface area contributed by atoms with Crippen LogP contribution in [-0.4, -0.2) is 25.0 Å². The third-order valence-electron chi connectivity index (χ3n) is 7.17. The van der Waals surface area contributed by atoms with Crippen LogP contribution in [0.15, 0.2) is 0 Å². The summed E-state index contributed by atoms with van der Waals surface area (Å²) in [4.78, 5) is 2.57. The molecule has 1 nitrogen and oxygen atoms in total. The lowest BCUT2D eigenvalue weighted by atomic mass is 9.25. The van der Waals surface area contributed by atoms with Gasteiger partial charge in [-0.1, -0.05) is 13.8 Å². The van der Waals surface area contributed by atoms with Crippen LogP contribution in [-0.2, 0) is 0 Å². The van der Waals surface area contributed by atoms with Crippen LogP contribution in [0.5, 0.6) is 0 Å². The largest absolute Gasteiger partial charge is 0.306 e. The average molecular weight is 219 g/mol. The summed E-state index contributed by atoms with van der Waals surface area (Å²) in [5, 5.41) is 0. The highest BCUT2D eigenvalue weighted by molar-refractivity contribution is 5.33. The minimum absolute atomic E-state index is 0.766. The maximum Gasteiger partial charge on any atom is 0.00408 e. The Balaban J connectivity index is 1.66. The first-order valence-electron chi connectivity index (χ1n) is 7.24. The molecule has 2 bridgehead atoms. The third-order valence-corrected chi connectivity index (χ3v) is 7.17. The lowest BCUT2D eigenvalue weighted by Crippen LogP contribution is -2.75. The van der Waals surface area contributed by atoms with Crippen LogP contribution in [0.3, 0.4) is 0 Å². The second-order valence-corrected chi connectivity index (χ2v) is 7.73. The summed E-state index contributed by atoms with van der Waals surface area (Å²) in [7, 11) is 2.32. The maximum absolute atomic E-state index is 2.61. The van der Waals surface area contributed by atoms with E-state index in [1.54, 1.807) is 32.1 Å². The molecule has 4 saturated carbocycles. The second-order valence-electron chi connectivity index (χ2n) is 7.73. The molecule has 0 N–H and O–H groups in total. The predicted octanol–water partition coefficient (Wildman–Crippen LogP) is 3.15. The van der Waals surface area contributed by atoms with Crippen molar-refractivity contribution in [1.82, 2.24) is 4.90 Å². The second kappa shape index (κ2) is 2.53. The molecule has 0 aromatic rings. The SMILES string of the molecule is CCN(C)CC12CC3CC4CC(C)(C1)C32C4. The molecule has 4 fully saturated rings. The van der Waals surface area contributed by atoms with Crippen molar-refractivity contribution in [2.75, 3.05) is 20.1 Å². The van der Waals surface area contributed by atoms with Crippen LogP contribution in [0.2, 0.25) is 0 Å². The van der Waals surface area contributed by atoms with Gasteiger partial charge in [-0.05, 0) is 73.8 Å². The molecule has 0 aromatic carbocycles. The van der Waals surface area contributed by atoms with Gasteiger partial charge in [-0.3, -0.25) is 0 Å². The summed E-state index contributed by atoms with van der Waals surface area (Å²) >= 11 is 0. The fourth-order valence-electron chi connectivity index (χ4n) is 7.08. The van der Waals surface area contributed by atoms with Crippen molar-refractivity contribution < 1.29 is 0 Å². The number of hydrogen-bond donors (Lipinski definition) is 0. The topological polar surface area (TPSA) is 3.24 Å². The summed E-state index contributed by atoms with van der Waals surface area (Å²) in [6, 6.07) is 0. The van der Waals surface area contributed by atoms with Crippen LogP contribution >= 0.6 is 0 Å². The Bertz CT molecular complexity index is 351. The van der Waals surface area contributed by atoms with Gasteiger partial charge in [-0.25, -0.2) is 0 Å².